The summed E-state index contributed by atoms with van der Waals surface area (Å²) >= 11 is 0. The highest BCUT2D eigenvalue weighted by Gasteiger charge is 2.08. The Labute approximate surface area is 122 Å². The van der Waals surface area contributed by atoms with E-state index in [4.69, 9.17) is 10.6 Å². The third-order valence-corrected chi connectivity index (χ3v) is 2.35. The van der Waals surface area contributed by atoms with E-state index in [2.05, 4.69) is 35.7 Å². The molecule has 0 unspecified atom stereocenters. The van der Waals surface area contributed by atoms with Crippen molar-refractivity contribution < 1.29 is 4.74 Å². The predicted octanol–water partition coefficient (Wildman–Crippen LogP) is 0.655. The lowest BCUT2D eigenvalue weighted by atomic mass is 10.4. The highest BCUT2D eigenvalue weighted by atomic mass is 16.5. The molecule has 0 saturated carbocycles. The Hall–Kier alpha value is -2.55. The van der Waals surface area contributed by atoms with Crippen molar-refractivity contribution in [3.05, 3.63) is 23.8 Å². The van der Waals surface area contributed by atoms with Gasteiger partial charge in [0.25, 0.3) is 0 Å². The van der Waals surface area contributed by atoms with Crippen LogP contribution in [-0.2, 0) is 6.54 Å². The highest BCUT2D eigenvalue weighted by Crippen LogP contribution is 2.12. The molecule has 0 bridgehead atoms. The number of nitrogens with two attached hydrogens (primary N) is 1. The maximum absolute atomic E-state index is 5.44. The van der Waals surface area contributed by atoms with E-state index in [9.17, 15) is 0 Å². The van der Waals surface area contributed by atoms with Gasteiger partial charge in [-0.05, 0) is 20.8 Å². The number of hydrogen-bond acceptors (Lipinski definition) is 9. The van der Waals surface area contributed by atoms with E-state index in [1.165, 1.54) is 0 Å². The third kappa shape index (κ3) is 4.49. The molecule has 9 nitrogen and oxygen atoms in total. The molecule has 2 rings (SSSR count). The van der Waals surface area contributed by atoms with Crippen molar-refractivity contribution in [2.24, 2.45) is 5.84 Å². The second kappa shape index (κ2) is 6.75. The molecule has 0 aromatic carbocycles. The van der Waals surface area contributed by atoms with Crippen molar-refractivity contribution in [3.63, 3.8) is 0 Å². The molecule has 0 amide bonds. The van der Waals surface area contributed by atoms with Crippen molar-refractivity contribution in [2.75, 3.05) is 10.7 Å². The molecule has 2 aromatic heterocycles. The Bertz CT molecular complexity index is 586. The standard InChI is InChI=1S/C12H18N8O/c1-7(2)21-12-18-10(17-11(19-12)20-13)16-6-9-5-14-8(3)4-15-9/h4-5,7H,6,13H2,1-3H3,(H2,16,17,18,19,20). The molecule has 0 saturated heterocycles. The van der Waals surface area contributed by atoms with Gasteiger partial charge in [-0.1, -0.05) is 0 Å². The topological polar surface area (TPSA) is 124 Å². The molecule has 0 aliphatic rings. The summed E-state index contributed by atoms with van der Waals surface area (Å²) in [4.78, 5) is 20.7. The van der Waals surface area contributed by atoms with Gasteiger partial charge in [-0.2, -0.15) is 15.0 Å². The van der Waals surface area contributed by atoms with Crippen LogP contribution in [0.5, 0.6) is 6.01 Å². The van der Waals surface area contributed by atoms with Crippen LogP contribution >= 0.6 is 0 Å². The number of nitrogen functional groups attached to an aromatic ring is 1. The van der Waals surface area contributed by atoms with Gasteiger partial charge < -0.3 is 10.1 Å². The molecule has 0 atom stereocenters. The van der Waals surface area contributed by atoms with E-state index in [1.807, 2.05) is 20.8 Å². The summed E-state index contributed by atoms with van der Waals surface area (Å²) < 4.78 is 5.44. The molecule has 0 fully saturated rings. The van der Waals surface area contributed by atoms with Gasteiger partial charge in [0, 0.05) is 6.20 Å². The van der Waals surface area contributed by atoms with Crippen LogP contribution in [0.25, 0.3) is 0 Å². The zero-order chi connectivity index (χ0) is 15.2. The number of anilines is 2. The first kappa shape index (κ1) is 14.9. The van der Waals surface area contributed by atoms with E-state index < -0.39 is 0 Å². The zero-order valence-corrected chi connectivity index (χ0v) is 12.2. The van der Waals surface area contributed by atoms with E-state index in [0.717, 1.165) is 11.4 Å². The van der Waals surface area contributed by atoms with Crippen molar-refractivity contribution >= 4 is 11.9 Å². The Morgan fingerprint density at radius 3 is 2.52 bits per heavy atom. The van der Waals surface area contributed by atoms with E-state index >= 15 is 0 Å². The molecule has 4 N–H and O–H groups in total. The Morgan fingerprint density at radius 1 is 1.14 bits per heavy atom. The van der Waals surface area contributed by atoms with Crippen molar-refractivity contribution in [3.8, 4) is 6.01 Å². The van der Waals surface area contributed by atoms with E-state index in [-0.39, 0.29) is 18.1 Å². The summed E-state index contributed by atoms with van der Waals surface area (Å²) in [5, 5.41) is 3.03. The summed E-state index contributed by atoms with van der Waals surface area (Å²) in [6.07, 6.45) is 3.34. The van der Waals surface area contributed by atoms with Gasteiger partial charge in [0.2, 0.25) is 11.9 Å². The number of hydrazine groups is 1. The average molecular weight is 290 g/mol. The van der Waals surface area contributed by atoms with Gasteiger partial charge in [-0.3, -0.25) is 15.4 Å². The predicted molar refractivity (Wildman–Crippen MR) is 77.5 cm³/mol. The van der Waals surface area contributed by atoms with E-state index in [1.54, 1.807) is 12.4 Å². The number of aromatic nitrogens is 5. The van der Waals surface area contributed by atoms with Crippen LogP contribution in [0.1, 0.15) is 25.2 Å². The lowest BCUT2D eigenvalue weighted by molar-refractivity contribution is 0.222. The van der Waals surface area contributed by atoms with Crippen LogP contribution in [0.15, 0.2) is 12.4 Å². The molecular weight excluding hydrogens is 272 g/mol. The normalized spacial score (nSPS) is 10.5. The summed E-state index contributed by atoms with van der Waals surface area (Å²) in [5.41, 5.74) is 4.01. The Kier molecular flexibility index (Phi) is 4.77. The molecule has 9 heteroatoms. The van der Waals surface area contributed by atoms with Gasteiger partial charge in [0.15, 0.2) is 0 Å². The molecule has 0 radical (unpaired) electrons. The maximum atomic E-state index is 5.44. The van der Waals surface area contributed by atoms with Crippen LogP contribution in [0.3, 0.4) is 0 Å². The molecule has 0 spiro atoms. The van der Waals surface area contributed by atoms with Gasteiger partial charge in [0.1, 0.15) is 0 Å². The number of nitrogens with zero attached hydrogens (tertiary/aromatic N) is 5. The first-order chi connectivity index (χ1) is 10.1. The molecule has 21 heavy (non-hydrogen) atoms. The minimum absolute atomic E-state index is 0.0474. The van der Waals surface area contributed by atoms with Gasteiger partial charge >= 0.3 is 6.01 Å². The minimum Gasteiger partial charge on any atom is -0.461 e. The Morgan fingerprint density at radius 2 is 1.90 bits per heavy atom. The van der Waals surface area contributed by atoms with Crippen LogP contribution < -0.4 is 21.3 Å². The van der Waals surface area contributed by atoms with Crippen molar-refractivity contribution in [1.29, 1.82) is 0 Å². The summed E-state index contributed by atoms with van der Waals surface area (Å²) in [5.74, 6) is 5.90. The first-order valence-electron chi connectivity index (χ1n) is 6.47. The quantitative estimate of drug-likeness (QED) is 0.519. The molecule has 112 valence electrons. The molecule has 0 aliphatic heterocycles. The second-order valence-electron chi connectivity index (χ2n) is 4.58. The van der Waals surface area contributed by atoms with Crippen LogP contribution in [0.2, 0.25) is 0 Å². The van der Waals surface area contributed by atoms with Crippen LogP contribution in [0, 0.1) is 6.92 Å². The number of hydrogen-bond donors (Lipinski definition) is 3. The fourth-order valence-corrected chi connectivity index (χ4v) is 1.44. The van der Waals surface area contributed by atoms with E-state index in [0.29, 0.717) is 12.5 Å². The molecular formula is C12H18N8O. The molecule has 2 heterocycles. The minimum atomic E-state index is -0.0474. The molecule has 2 aromatic rings. The summed E-state index contributed by atoms with van der Waals surface area (Å²) in [6.45, 7) is 6.08. The van der Waals surface area contributed by atoms with Crippen molar-refractivity contribution in [2.45, 2.75) is 33.4 Å². The SMILES string of the molecule is Cc1cnc(CNc2nc(NN)nc(OC(C)C)n2)cn1. The average Bonchev–Trinajstić information content (AvgIpc) is 2.45. The third-order valence-electron chi connectivity index (χ3n) is 2.35. The zero-order valence-electron chi connectivity index (χ0n) is 12.2. The van der Waals surface area contributed by atoms with Gasteiger partial charge in [0.05, 0.1) is 30.2 Å². The fraction of sp³-hybridized carbons (Fsp3) is 0.417. The smallest absolute Gasteiger partial charge is 0.323 e. The number of aryl methyl sites for hydroxylation is 1. The molecule has 0 aliphatic carbocycles. The lowest BCUT2D eigenvalue weighted by Crippen LogP contribution is -2.16. The first-order valence-corrected chi connectivity index (χ1v) is 6.47. The second-order valence-corrected chi connectivity index (χ2v) is 4.58. The number of nitrogens with one attached hydrogen (secondary N) is 2. The lowest BCUT2D eigenvalue weighted by Gasteiger charge is -2.10. The summed E-state index contributed by atoms with van der Waals surface area (Å²) in [6, 6.07) is 0.199. The van der Waals surface area contributed by atoms with Crippen LogP contribution in [0.4, 0.5) is 11.9 Å². The Balaban J connectivity index is 2.09. The number of rotatable bonds is 6. The fourth-order valence-electron chi connectivity index (χ4n) is 1.44. The largest absolute Gasteiger partial charge is 0.461 e. The van der Waals surface area contributed by atoms with Crippen molar-refractivity contribution in [1.82, 2.24) is 24.9 Å². The van der Waals surface area contributed by atoms with Gasteiger partial charge in [-0.15, -0.1) is 0 Å². The highest BCUT2D eigenvalue weighted by molar-refractivity contribution is 5.35. The summed E-state index contributed by atoms with van der Waals surface area (Å²) in [7, 11) is 0. The monoisotopic (exact) mass is 290 g/mol. The van der Waals surface area contributed by atoms with Gasteiger partial charge in [-0.25, -0.2) is 5.84 Å². The van der Waals surface area contributed by atoms with Crippen LogP contribution in [-0.4, -0.2) is 31.0 Å². The number of ether oxygens (including phenoxy) is 1. The maximum Gasteiger partial charge on any atom is 0.323 e.